The van der Waals surface area contributed by atoms with Crippen LogP contribution in [0.1, 0.15) is 116 Å². The lowest BCUT2D eigenvalue weighted by molar-refractivity contribution is -0.0363. The molecular formula is C23H42O2. The number of hydrogen-bond donors (Lipinski definition) is 0. The molecule has 25 heavy (non-hydrogen) atoms. The van der Waals surface area contributed by atoms with Crippen molar-refractivity contribution in [3.63, 3.8) is 0 Å². The van der Waals surface area contributed by atoms with E-state index in [1.54, 1.807) is 0 Å². The van der Waals surface area contributed by atoms with E-state index in [4.69, 9.17) is 9.47 Å². The fraction of sp³-hybridized carbons (Fsp3) is 1.00. The summed E-state index contributed by atoms with van der Waals surface area (Å²) in [5.74, 6) is 0.928. The van der Waals surface area contributed by atoms with Gasteiger partial charge in [0.15, 0.2) is 0 Å². The first kappa shape index (κ1) is 19.7. The fourth-order valence-corrected chi connectivity index (χ4v) is 5.27. The molecule has 2 unspecified atom stereocenters. The maximum atomic E-state index is 6.45. The van der Waals surface area contributed by atoms with E-state index in [1.807, 2.05) is 0 Å². The molecule has 146 valence electrons. The van der Waals surface area contributed by atoms with Gasteiger partial charge in [0.2, 0.25) is 0 Å². The van der Waals surface area contributed by atoms with E-state index < -0.39 is 0 Å². The molecule has 3 saturated carbocycles. The molecule has 0 bridgehead atoms. The third-order valence-corrected chi connectivity index (χ3v) is 6.88. The SMILES string of the molecule is C1CCCC(OCCCC2CCCC(OC3CCCCC3)CC2)CC1. The third-order valence-electron chi connectivity index (χ3n) is 6.88. The van der Waals surface area contributed by atoms with Crippen LogP contribution < -0.4 is 0 Å². The second-order valence-electron chi connectivity index (χ2n) is 9.02. The zero-order valence-electron chi connectivity index (χ0n) is 16.6. The maximum absolute atomic E-state index is 6.45. The van der Waals surface area contributed by atoms with Gasteiger partial charge in [0.25, 0.3) is 0 Å². The van der Waals surface area contributed by atoms with Crippen LogP contribution in [0.2, 0.25) is 0 Å². The molecule has 3 rings (SSSR count). The summed E-state index contributed by atoms with van der Waals surface area (Å²) in [6, 6.07) is 0. The van der Waals surface area contributed by atoms with Crippen LogP contribution in [0, 0.1) is 5.92 Å². The summed E-state index contributed by atoms with van der Waals surface area (Å²) in [6.45, 7) is 1.00. The Balaban J connectivity index is 1.26. The molecule has 2 nitrogen and oxygen atoms in total. The van der Waals surface area contributed by atoms with Crippen LogP contribution in [-0.4, -0.2) is 24.9 Å². The lowest BCUT2D eigenvalue weighted by atomic mass is 9.95. The topological polar surface area (TPSA) is 18.5 Å². The van der Waals surface area contributed by atoms with Crippen molar-refractivity contribution in [2.24, 2.45) is 5.92 Å². The smallest absolute Gasteiger partial charge is 0.0579 e. The Kier molecular flexibility index (Phi) is 9.13. The van der Waals surface area contributed by atoms with Crippen molar-refractivity contribution >= 4 is 0 Å². The van der Waals surface area contributed by atoms with Gasteiger partial charge in [0.05, 0.1) is 18.3 Å². The van der Waals surface area contributed by atoms with Crippen molar-refractivity contribution in [3.8, 4) is 0 Å². The molecule has 3 fully saturated rings. The Hall–Kier alpha value is -0.0800. The first-order chi connectivity index (χ1) is 12.4. The van der Waals surface area contributed by atoms with E-state index in [-0.39, 0.29) is 0 Å². The molecule has 3 aliphatic carbocycles. The molecule has 0 spiro atoms. The highest BCUT2D eigenvalue weighted by Crippen LogP contribution is 2.31. The molecule has 0 aromatic carbocycles. The zero-order valence-corrected chi connectivity index (χ0v) is 16.6. The highest BCUT2D eigenvalue weighted by Gasteiger charge is 2.23. The zero-order chi connectivity index (χ0) is 17.2. The van der Waals surface area contributed by atoms with Crippen molar-refractivity contribution in [1.82, 2.24) is 0 Å². The minimum atomic E-state index is 0.565. The van der Waals surface area contributed by atoms with Crippen molar-refractivity contribution in [1.29, 1.82) is 0 Å². The van der Waals surface area contributed by atoms with Gasteiger partial charge in [-0.25, -0.2) is 0 Å². The van der Waals surface area contributed by atoms with Gasteiger partial charge in [0, 0.05) is 6.61 Å². The van der Waals surface area contributed by atoms with Crippen LogP contribution in [0.5, 0.6) is 0 Å². The van der Waals surface area contributed by atoms with Crippen LogP contribution >= 0.6 is 0 Å². The molecule has 2 atom stereocenters. The highest BCUT2D eigenvalue weighted by molar-refractivity contribution is 4.74. The van der Waals surface area contributed by atoms with E-state index >= 15 is 0 Å². The van der Waals surface area contributed by atoms with Crippen molar-refractivity contribution in [3.05, 3.63) is 0 Å². The summed E-state index contributed by atoms with van der Waals surface area (Å²) in [4.78, 5) is 0. The van der Waals surface area contributed by atoms with E-state index in [9.17, 15) is 0 Å². The quantitative estimate of drug-likeness (QED) is 0.371. The summed E-state index contributed by atoms with van der Waals surface area (Å²) in [5, 5.41) is 0. The average Bonchev–Trinajstić information content (AvgIpc) is 3.03. The van der Waals surface area contributed by atoms with Crippen LogP contribution in [0.3, 0.4) is 0 Å². The Morgan fingerprint density at radius 3 is 1.88 bits per heavy atom. The molecule has 0 saturated heterocycles. The molecule has 0 aromatic heterocycles. The van der Waals surface area contributed by atoms with E-state index in [0.717, 1.165) is 12.5 Å². The average molecular weight is 351 g/mol. The van der Waals surface area contributed by atoms with Gasteiger partial charge >= 0.3 is 0 Å². The molecule has 0 radical (unpaired) electrons. The Bertz CT molecular complexity index is 329. The molecule has 0 N–H and O–H groups in total. The highest BCUT2D eigenvalue weighted by atomic mass is 16.5. The maximum Gasteiger partial charge on any atom is 0.0579 e. The molecule has 3 aliphatic rings. The minimum absolute atomic E-state index is 0.565. The lowest BCUT2D eigenvalue weighted by Crippen LogP contribution is -2.24. The van der Waals surface area contributed by atoms with E-state index in [1.165, 1.54) is 116 Å². The van der Waals surface area contributed by atoms with Gasteiger partial charge in [-0.2, -0.15) is 0 Å². The van der Waals surface area contributed by atoms with Crippen LogP contribution in [-0.2, 0) is 9.47 Å². The summed E-state index contributed by atoms with van der Waals surface area (Å²) < 4.78 is 12.6. The molecule has 2 heteroatoms. The molecule has 0 aliphatic heterocycles. The second kappa shape index (κ2) is 11.6. The Labute approximate surface area is 156 Å². The Morgan fingerprint density at radius 2 is 1.12 bits per heavy atom. The number of hydrogen-bond acceptors (Lipinski definition) is 2. The fourth-order valence-electron chi connectivity index (χ4n) is 5.27. The lowest BCUT2D eigenvalue weighted by Gasteiger charge is -2.27. The first-order valence-electron chi connectivity index (χ1n) is 11.7. The van der Waals surface area contributed by atoms with Gasteiger partial charge < -0.3 is 9.47 Å². The van der Waals surface area contributed by atoms with Crippen LogP contribution in [0.25, 0.3) is 0 Å². The summed E-state index contributed by atoms with van der Waals surface area (Å²) >= 11 is 0. The molecule has 0 amide bonds. The first-order valence-corrected chi connectivity index (χ1v) is 11.7. The normalized spacial score (nSPS) is 30.7. The van der Waals surface area contributed by atoms with Crippen molar-refractivity contribution in [2.75, 3.05) is 6.61 Å². The number of rotatable bonds is 7. The summed E-state index contributed by atoms with van der Waals surface area (Å²) in [7, 11) is 0. The third kappa shape index (κ3) is 7.59. The van der Waals surface area contributed by atoms with Gasteiger partial charge in [-0.05, 0) is 63.7 Å². The Morgan fingerprint density at radius 1 is 0.520 bits per heavy atom. The molecule has 0 heterocycles. The van der Waals surface area contributed by atoms with Crippen LogP contribution in [0.15, 0.2) is 0 Å². The largest absolute Gasteiger partial charge is 0.378 e. The van der Waals surface area contributed by atoms with E-state index in [2.05, 4.69) is 0 Å². The predicted octanol–water partition coefficient (Wildman–Crippen LogP) is 6.80. The molecule has 0 aromatic rings. The molecular weight excluding hydrogens is 308 g/mol. The summed E-state index contributed by atoms with van der Waals surface area (Å²) in [5.41, 5.74) is 0. The van der Waals surface area contributed by atoms with E-state index in [0.29, 0.717) is 18.3 Å². The second-order valence-corrected chi connectivity index (χ2v) is 9.02. The van der Waals surface area contributed by atoms with Crippen molar-refractivity contribution in [2.45, 2.75) is 134 Å². The van der Waals surface area contributed by atoms with Crippen LogP contribution in [0.4, 0.5) is 0 Å². The predicted molar refractivity (Wildman–Crippen MR) is 105 cm³/mol. The summed E-state index contributed by atoms with van der Waals surface area (Å²) in [6.07, 6.45) is 26.3. The number of ether oxygens (including phenoxy) is 2. The van der Waals surface area contributed by atoms with Gasteiger partial charge in [-0.3, -0.25) is 0 Å². The minimum Gasteiger partial charge on any atom is -0.378 e. The van der Waals surface area contributed by atoms with Gasteiger partial charge in [-0.1, -0.05) is 57.8 Å². The monoisotopic (exact) mass is 350 g/mol. The van der Waals surface area contributed by atoms with Gasteiger partial charge in [0.1, 0.15) is 0 Å². The van der Waals surface area contributed by atoms with Gasteiger partial charge in [-0.15, -0.1) is 0 Å². The van der Waals surface area contributed by atoms with Crippen molar-refractivity contribution < 1.29 is 9.47 Å². The standard InChI is InChI=1S/C23H42O2/c1-2-5-13-21(12-4-1)24-19-9-11-20-10-8-16-23(18-17-20)25-22-14-6-3-7-15-22/h20-23H,1-19H2.